The van der Waals surface area contributed by atoms with Crippen LogP contribution in [0.4, 0.5) is 0 Å². The molecule has 0 aromatic rings. The first-order chi connectivity index (χ1) is 12.6. The maximum Gasteiger partial charge on any atom is 0.0621 e. The minimum atomic E-state index is 0.484. The third-order valence-corrected chi connectivity index (χ3v) is 7.80. The fourth-order valence-electron chi connectivity index (χ4n) is 6.32. The van der Waals surface area contributed by atoms with Crippen molar-refractivity contribution in [1.82, 2.24) is 0 Å². The third kappa shape index (κ3) is 4.00. The summed E-state index contributed by atoms with van der Waals surface area (Å²) in [6.45, 7) is 9.32. The smallest absolute Gasteiger partial charge is 0.0621 e. The van der Waals surface area contributed by atoms with Crippen molar-refractivity contribution in [2.45, 2.75) is 90.9 Å². The van der Waals surface area contributed by atoms with E-state index in [9.17, 15) is 0 Å². The van der Waals surface area contributed by atoms with Gasteiger partial charge < -0.3 is 0 Å². The molecular weight excluding hydrogens is 314 g/mol. The van der Waals surface area contributed by atoms with Gasteiger partial charge in [-0.25, -0.2) is 0 Å². The molecule has 1 nitrogen and oxygen atoms in total. The summed E-state index contributed by atoms with van der Waals surface area (Å²) in [5.41, 5.74) is 5.09. The molecule has 4 unspecified atom stereocenters. The highest BCUT2D eigenvalue weighted by molar-refractivity contribution is 5.35. The Morgan fingerprint density at radius 1 is 1.19 bits per heavy atom. The Labute approximate surface area is 161 Å². The molecule has 0 heterocycles. The van der Waals surface area contributed by atoms with Crippen LogP contribution in [0.1, 0.15) is 90.9 Å². The normalized spacial score (nSPS) is 36.1. The van der Waals surface area contributed by atoms with Gasteiger partial charge in [0.15, 0.2) is 0 Å². The lowest BCUT2D eigenvalue weighted by molar-refractivity contribution is 0.0936. The second kappa shape index (κ2) is 8.60. The fraction of sp³-hybridized carbons (Fsp3) is 0.720. The Morgan fingerprint density at radius 2 is 2.00 bits per heavy atom. The lowest BCUT2D eigenvalue weighted by Gasteiger charge is -2.44. The van der Waals surface area contributed by atoms with Crippen LogP contribution in [0.25, 0.3) is 0 Å². The molecule has 0 saturated heterocycles. The van der Waals surface area contributed by atoms with Crippen molar-refractivity contribution >= 4 is 0 Å². The van der Waals surface area contributed by atoms with E-state index in [0.29, 0.717) is 5.41 Å². The summed E-state index contributed by atoms with van der Waals surface area (Å²) in [6, 6.07) is 2.32. The van der Waals surface area contributed by atoms with E-state index in [0.717, 1.165) is 30.6 Å². The molecule has 0 bridgehead atoms. The van der Waals surface area contributed by atoms with Crippen LogP contribution >= 0.6 is 0 Å². The quantitative estimate of drug-likeness (QED) is 0.470. The van der Waals surface area contributed by atoms with Crippen LogP contribution in [-0.2, 0) is 0 Å². The third-order valence-electron chi connectivity index (χ3n) is 7.80. The molecule has 0 amide bonds. The molecular formula is C25H37N. The van der Waals surface area contributed by atoms with Gasteiger partial charge in [0.25, 0.3) is 0 Å². The minimum Gasteiger partial charge on any atom is -0.198 e. The van der Waals surface area contributed by atoms with Gasteiger partial charge in [-0.3, -0.25) is 0 Å². The Hall–Kier alpha value is -1.29. The highest BCUT2D eigenvalue weighted by atomic mass is 14.5. The Kier molecular flexibility index (Phi) is 6.44. The molecule has 3 aliphatic carbocycles. The van der Waals surface area contributed by atoms with Crippen LogP contribution in [0, 0.1) is 34.5 Å². The van der Waals surface area contributed by atoms with E-state index < -0.39 is 0 Å². The molecule has 3 saturated carbocycles. The first-order valence-corrected chi connectivity index (χ1v) is 11.0. The van der Waals surface area contributed by atoms with E-state index in [2.05, 4.69) is 38.6 Å². The molecule has 3 fully saturated rings. The Morgan fingerprint density at radius 3 is 2.77 bits per heavy atom. The van der Waals surface area contributed by atoms with E-state index in [-0.39, 0.29) is 0 Å². The average molecular weight is 352 g/mol. The van der Waals surface area contributed by atoms with Gasteiger partial charge in [-0.15, -0.1) is 0 Å². The zero-order valence-corrected chi connectivity index (χ0v) is 17.0. The number of hydrogen-bond acceptors (Lipinski definition) is 1. The molecule has 0 aromatic heterocycles. The first-order valence-electron chi connectivity index (χ1n) is 11.0. The van der Waals surface area contributed by atoms with Gasteiger partial charge in [-0.1, -0.05) is 43.7 Å². The van der Waals surface area contributed by atoms with Gasteiger partial charge in [0, 0.05) is 6.42 Å². The van der Waals surface area contributed by atoms with Crippen molar-refractivity contribution in [3.05, 3.63) is 35.5 Å². The lowest BCUT2D eigenvalue weighted by atomic mass is 9.60. The van der Waals surface area contributed by atoms with E-state index in [1.807, 2.05) is 0 Å². The molecule has 0 spiro atoms. The summed E-state index contributed by atoms with van der Waals surface area (Å²) in [7, 11) is 0. The predicted octanol–water partition coefficient (Wildman–Crippen LogP) is 7.52. The van der Waals surface area contributed by atoms with Gasteiger partial charge in [0.05, 0.1) is 6.07 Å². The fourth-order valence-corrected chi connectivity index (χ4v) is 6.32. The monoisotopic (exact) mass is 351 g/mol. The van der Waals surface area contributed by atoms with Crippen LogP contribution in [0.15, 0.2) is 35.5 Å². The number of rotatable bonds is 5. The van der Waals surface area contributed by atoms with Gasteiger partial charge in [-0.2, -0.15) is 5.26 Å². The molecule has 0 radical (unpaired) electrons. The molecule has 0 aliphatic heterocycles. The van der Waals surface area contributed by atoms with Crippen molar-refractivity contribution in [2.75, 3.05) is 0 Å². The van der Waals surface area contributed by atoms with E-state index in [4.69, 9.17) is 5.26 Å². The van der Waals surface area contributed by atoms with Crippen molar-refractivity contribution in [3.8, 4) is 6.07 Å². The predicted molar refractivity (Wildman–Crippen MR) is 111 cm³/mol. The molecule has 26 heavy (non-hydrogen) atoms. The number of nitrogens with zero attached hydrogens (tertiary/aromatic N) is 1. The van der Waals surface area contributed by atoms with Crippen LogP contribution in [0.5, 0.6) is 0 Å². The molecule has 1 heteroatoms. The van der Waals surface area contributed by atoms with E-state index in [1.54, 1.807) is 5.57 Å². The molecule has 3 rings (SSSR count). The van der Waals surface area contributed by atoms with Gasteiger partial charge in [0.2, 0.25) is 0 Å². The van der Waals surface area contributed by atoms with Gasteiger partial charge in [0.1, 0.15) is 0 Å². The summed E-state index contributed by atoms with van der Waals surface area (Å²) >= 11 is 0. The lowest BCUT2D eigenvalue weighted by Crippen LogP contribution is -2.36. The standard InChI is InChI=1S/C25H37N/c1-19-9-4-5-11-21(19)13-14-22-12-8-17-25(3)23(15-16-24(22)25)20(2)10-6-7-18-26/h13-14,20,23-24H,1,4-12,15-17H2,2-3H3/b21-13-,22-14+. The van der Waals surface area contributed by atoms with E-state index >= 15 is 0 Å². The summed E-state index contributed by atoms with van der Waals surface area (Å²) in [5, 5.41) is 8.83. The summed E-state index contributed by atoms with van der Waals surface area (Å²) in [4.78, 5) is 0. The second-order valence-electron chi connectivity index (χ2n) is 9.37. The highest BCUT2D eigenvalue weighted by Crippen LogP contribution is 2.59. The highest BCUT2D eigenvalue weighted by Gasteiger charge is 2.50. The summed E-state index contributed by atoms with van der Waals surface area (Å²) in [6.07, 6.45) is 19.8. The molecule has 0 aromatic carbocycles. The van der Waals surface area contributed by atoms with Gasteiger partial charge in [-0.05, 0) is 99.4 Å². The maximum atomic E-state index is 8.83. The number of nitriles is 1. The largest absolute Gasteiger partial charge is 0.198 e. The van der Waals surface area contributed by atoms with Crippen molar-refractivity contribution in [2.24, 2.45) is 23.2 Å². The number of hydrogen-bond donors (Lipinski definition) is 0. The summed E-state index contributed by atoms with van der Waals surface area (Å²) in [5.74, 6) is 2.38. The molecule has 3 aliphatic rings. The van der Waals surface area contributed by atoms with Crippen molar-refractivity contribution in [3.63, 3.8) is 0 Å². The van der Waals surface area contributed by atoms with Crippen LogP contribution < -0.4 is 0 Å². The molecule has 142 valence electrons. The van der Waals surface area contributed by atoms with Crippen LogP contribution in [0.2, 0.25) is 0 Å². The topological polar surface area (TPSA) is 23.8 Å². The SMILES string of the molecule is C=C1CCCC/C1=C/C=C1\CCCC2(C)C1CCC2C(C)CCCC#N. The number of allylic oxidation sites excluding steroid dienone is 5. The maximum absolute atomic E-state index is 8.83. The zero-order chi connectivity index (χ0) is 18.6. The molecule has 0 N–H and O–H groups in total. The van der Waals surface area contributed by atoms with Crippen LogP contribution in [-0.4, -0.2) is 0 Å². The van der Waals surface area contributed by atoms with Gasteiger partial charge >= 0.3 is 0 Å². The van der Waals surface area contributed by atoms with Crippen LogP contribution in [0.3, 0.4) is 0 Å². The molecule has 4 atom stereocenters. The van der Waals surface area contributed by atoms with Crippen molar-refractivity contribution < 1.29 is 0 Å². The first kappa shape index (κ1) is 19.5. The minimum absolute atomic E-state index is 0.484. The van der Waals surface area contributed by atoms with Crippen molar-refractivity contribution in [1.29, 1.82) is 5.26 Å². The number of unbranched alkanes of at least 4 members (excludes halogenated alkanes) is 1. The van der Waals surface area contributed by atoms with E-state index in [1.165, 1.54) is 75.4 Å². The summed E-state index contributed by atoms with van der Waals surface area (Å²) < 4.78 is 0. The Balaban J connectivity index is 1.72. The Bertz CT molecular complexity index is 617. The number of fused-ring (bicyclic) bond motifs is 1. The zero-order valence-electron chi connectivity index (χ0n) is 17.0. The average Bonchev–Trinajstić information content (AvgIpc) is 2.99. The second-order valence-corrected chi connectivity index (χ2v) is 9.37.